The number of nitrogens with zero attached hydrogens (tertiary/aromatic N) is 1. The van der Waals surface area contributed by atoms with Gasteiger partial charge in [-0.25, -0.2) is 0 Å². The van der Waals surface area contributed by atoms with Gasteiger partial charge in [0.25, 0.3) is 0 Å². The summed E-state index contributed by atoms with van der Waals surface area (Å²) in [6, 6.07) is 5.31. The van der Waals surface area contributed by atoms with Crippen LogP contribution in [-0.2, 0) is 4.79 Å². The topological polar surface area (TPSA) is 78.6 Å². The third-order valence-electron chi connectivity index (χ3n) is 3.54. The Balaban J connectivity index is 1.84. The van der Waals surface area contributed by atoms with E-state index in [4.69, 9.17) is 10.8 Å². The Morgan fingerprint density at radius 1 is 1.55 bits per heavy atom. The van der Waals surface area contributed by atoms with Gasteiger partial charge in [0.15, 0.2) is 0 Å². The molecular weight excluding hydrogens is 322 g/mol. The van der Waals surface area contributed by atoms with Crippen LogP contribution in [0, 0.1) is 5.92 Å². The van der Waals surface area contributed by atoms with Crippen LogP contribution in [0.3, 0.4) is 0 Å². The predicted molar refractivity (Wildman–Crippen MR) is 83.4 cm³/mol. The number of carbonyl (C=O) groups excluding carboxylic acids is 1. The fraction of sp³-hybridized carbons (Fsp3) is 0.500. The van der Waals surface area contributed by atoms with Gasteiger partial charge in [0.1, 0.15) is 0 Å². The summed E-state index contributed by atoms with van der Waals surface area (Å²) in [5, 5.41) is 11.8. The zero-order chi connectivity index (χ0) is 14.5. The molecule has 1 atom stereocenters. The van der Waals surface area contributed by atoms with E-state index in [-0.39, 0.29) is 12.5 Å². The Hall–Kier alpha value is -1.11. The number of aliphatic hydroxyl groups is 1. The lowest BCUT2D eigenvalue weighted by Crippen LogP contribution is -2.31. The highest BCUT2D eigenvalue weighted by Crippen LogP contribution is 2.25. The number of aliphatic hydroxyl groups excluding tert-OH is 1. The molecule has 1 unspecified atom stereocenters. The monoisotopic (exact) mass is 341 g/mol. The summed E-state index contributed by atoms with van der Waals surface area (Å²) >= 11 is 3.38. The van der Waals surface area contributed by atoms with Crippen molar-refractivity contribution in [2.45, 2.75) is 12.8 Å². The van der Waals surface area contributed by atoms with Crippen LogP contribution in [0.2, 0.25) is 0 Å². The number of likely N-dealkylation sites (tertiary alicyclic amines) is 1. The molecule has 4 N–H and O–H groups in total. The largest absolute Gasteiger partial charge is 0.399 e. The van der Waals surface area contributed by atoms with Gasteiger partial charge in [-0.2, -0.15) is 0 Å². The Morgan fingerprint density at radius 2 is 2.35 bits per heavy atom. The normalized spacial score (nSPS) is 19.2. The van der Waals surface area contributed by atoms with Crippen molar-refractivity contribution in [2.24, 2.45) is 5.92 Å². The van der Waals surface area contributed by atoms with E-state index in [0.29, 0.717) is 18.2 Å². The molecule has 0 radical (unpaired) electrons. The predicted octanol–water partition coefficient (Wildman–Crippen LogP) is 1.67. The third-order valence-corrected chi connectivity index (χ3v) is 4.20. The zero-order valence-corrected chi connectivity index (χ0v) is 12.9. The first kappa shape index (κ1) is 15.3. The van der Waals surface area contributed by atoms with Crippen LogP contribution in [0.15, 0.2) is 22.7 Å². The highest BCUT2D eigenvalue weighted by atomic mass is 79.9. The summed E-state index contributed by atoms with van der Waals surface area (Å²) in [5.41, 5.74) is 7.05. The second-order valence-corrected chi connectivity index (χ2v) is 6.04. The SMILES string of the molecule is Nc1ccc(NC(=O)CN2CCC(CCO)C2)c(Br)c1. The lowest BCUT2D eigenvalue weighted by molar-refractivity contribution is -0.117. The maximum absolute atomic E-state index is 12.0. The number of rotatable bonds is 5. The van der Waals surface area contributed by atoms with Gasteiger partial charge in [0.05, 0.1) is 12.2 Å². The van der Waals surface area contributed by atoms with Crippen LogP contribution >= 0.6 is 15.9 Å². The molecule has 1 aromatic carbocycles. The summed E-state index contributed by atoms with van der Waals surface area (Å²) in [6.07, 6.45) is 1.88. The second kappa shape index (κ2) is 7.06. The molecule has 0 aliphatic carbocycles. The van der Waals surface area contributed by atoms with Crippen molar-refractivity contribution in [3.05, 3.63) is 22.7 Å². The van der Waals surface area contributed by atoms with Crippen molar-refractivity contribution >= 4 is 33.2 Å². The number of nitrogens with one attached hydrogen (secondary N) is 1. The fourth-order valence-electron chi connectivity index (χ4n) is 2.50. The number of anilines is 2. The minimum absolute atomic E-state index is 0.0277. The Morgan fingerprint density at radius 3 is 3.05 bits per heavy atom. The van der Waals surface area contributed by atoms with E-state index >= 15 is 0 Å². The van der Waals surface area contributed by atoms with E-state index in [1.807, 2.05) is 0 Å². The van der Waals surface area contributed by atoms with Crippen LogP contribution in [0.4, 0.5) is 11.4 Å². The zero-order valence-electron chi connectivity index (χ0n) is 11.3. The van der Waals surface area contributed by atoms with Gasteiger partial charge < -0.3 is 16.2 Å². The number of nitrogens with two attached hydrogens (primary N) is 1. The summed E-state index contributed by atoms with van der Waals surface area (Å²) in [7, 11) is 0. The molecule has 6 heteroatoms. The number of carbonyl (C=O) groups is 1. The quantitative estimate of drug-likeness (QED) is 0.712. The van der Waals surface area contributed by atoms with E-state index < -0.39 is 0 Å². The van der Waals surface area contributed by atoms with E-state index in [0.717, 1.165) is 36.1 Å². The average molecular weight is 342 g/mol. The molecule has 0 saturated carbocycles. The molecule has 0 bridgehead atoms. The van der Waals surface area contributed by atoms with Crippen molar-refractivity contribution in [3.63, 3.8) is 0 Å². The number of hydrogen-bond acceptors (Lipinski definition) is 4. The number of hydrogen-bond donors (Lipinski definition) is 3. The lowest BCUT2D eigenvalue weighted by atomic mass is 10.1. The van der Waals surface area contributed by atoms with Gasteiger partial charge in [-0.3, -0.25) is 9.69 Å². The average Bonchev–Trinajstić information content (AvgIpc) is 2.81. The number of nitrogen functional groups attached to an aromatic ring is 1. The first-order valence-corrected chi connectivity index (χ1v) is 7.56. The molecule has 110 valence electrons. The summed E-state index contributed by atoms with van der Waals surface area (Å²) in [4.78, 5) is 14.1. The molecule has 1 aromatic rings. The Labute approximate surface area is 127 Å². The molecule has 1 aliphatic rings. The summed E-state index contributed by atoms with van der Waals surface area (Å²) < 4.78 is 0.783. The van der Waals surface area contributed by atoms with Crippen molar-refractivity contribution in [3.8, 4) is 0 Å². The maximum Gasteiger partial charge on any atom is 0.238 e. The van der Waals surface area contributed by atoms with Crippen LogP contribution in [0.5, 0.6) is 0 Å². The standard InChI is InChI=1S/C14H20BrN3O2/c15-12-7-11(16)1-2-13(12)17-14(20)9-18-5-3-10(8-18)4-6-19/h1-2,7,10,19H,3-6,8-9,16H2,(H,17,20). The van der Waals surface area contributed by atoms with Crippen LogP contribution < -0.4 is 11.1 Å². The van der Waals surface area contributed by atoms with Crippen molar-refractivity contribution in [1.29, 1.82) is 0 Å². The number of amides is 1. The summed E-state index contributed by atoms with van der Waals surface area (Å²) in [5.74, 6) is 0.483. The van der Waals surface area contributed by atoms with Crippen molar-refractivity contribution in [2.75, 3.05) is 37.3 Å². The van der Waals surface area contributed by atoms with Crippen LogP contribution in [-0.4, -0.2) is 42.2 Å². The first-order chi connectivity index (χ1) is 9.58. The second-order valence-electron chi connectivity index (χ2n) is 5.19. The van der Waals surface area contributed by atoms with E-state index in [9.17, 15) is 4.79 Å². The number of halogens is 1. The van der Waals surface area contributed by atoms with Gasteiger partial charge in [0, 0.05) is 23.3 Å². The maximum atomic E-state index is 12.0. The van der Waals surface area contributed by atoms with Gasteiger partial charge in [-0.15, -0.1) is 0 Å². The van der Waals surface area contributed by atoms with Gasteiger partial charge in [0.2, 0.25) is 5.91 Å². The highest BCUT2D eigenvalue weighted by Gasteiger charge is 2.23. The third kappa shape index (κ3) is 4.19. The molecule has 5 nitrogen and oxygen atoms in total. The molecule has 0 aromatic heterocycles. The van der Waals surface area contributed by atoms with Gasteiger partial charge >= 0.3 is 0 Å². The lowest BCUT2D eigenvalue weighted by Gasteiger charge is -2.16. The van der Waals surface area contributed by atoms with Crippen molar-refractivity contribution < 1.29 is 9.90 Å². The molecule has 1 heterocycles. The van der Waals surface area contributed by atoms with E-state index in [1.54, 1.807) is 18.2 Å². The van der Waals surface area contributed by atoms with Gasteiger partial charge in [-0.05, 0) is 59.4 Å². The number of benzene rings is 1. The van der Waals surface area contributed by atoms with Crippen LogP contribution in [0.25, 0.3) is 0 Å². The molecule has 0 spiro atoms. The highest BCUT2D eigenvalue weighted by molar-refractivity contribution is 9.10. The van der Waals surface area contributed by atoms with E-state index in [2.05, 4.69) is 26.1 Å². The molecule has 1 aliphatic heterocycles. The minimum Gasteiger partial charge on any atom is -0.399 e. The smallest absolute Gasteiger partial charge is 0.238 e. The molecule has 1 fully saturated rings. The van der Waals surface area contributed by atoms with E-state index in [1.165, 1.54) is 0 Å². The molecule has 2 rings (SSSR count). The molecule has 1 amide bonds. The minimum atomic E-state index is -0.0277. The Bertz CT molecular complexity index is 481. The fourth-order valence-corrected chi connectivity index (χ4v) is 3.00. The first-order valence-electron chi connectivity index (χ1n) is 6.76. The molecule has 1 saturated heterocycles. The summed E-state index contributed by atoms with van der Waals surface area (Å²) in [6.45, 7) is 2.42. The Kier molecular flexibility index (Phi) is 5.39. The molecule has 20 heavy (non-hydrogen) atoms. The molecular formula is C14H20BrN3O2. The van der Waals surface area contributed by atoms with Crippen molar-refractivity contribution in [1.82, 2.24) is 4.90 Å². The van der Waals surface area contributed by atoms with Gasteiger partial charge in [-0.1, -0.05) is 0 Å². The van der Waals surface area contributed by atoms with Crippen LogP contribution in [0.1, 0.15) is 12.8 Å².